The molecule has 0 spiro atoms. The van der Waals surface area contributed by atoms with Crippen molar-refractivity contribution in [3.8, 4) is 0 Å². The number of rotatable bonds is 5. The monoisotopic (exact) mass is 405 g/mol. The largest absolute Gasteiger partial charge is 0.338 e. The lowest BCUT2D eigenvalue weighted by Crippen LogP contribution is -2.53. The highest BCUT2D eigenvalue weighted by molar-refractivity contribution is 7.89. The minimum Gasteiger partial charge on any atom is -0.338 e. The molecule has 1 N–H and O–H groups in total. The van der Waals surface area contributed by atoms with Gasteiger partial charge in [0.15, 0.2) is 0 Å². The summed E-state index contributed by atoms with van der Waals surface area (Å²) in [6.07, 6.45) is 0.737. The summed E-state index contributed by atoms with van der Waals surface area (Å²) in [7, 11) is -3.76. The molecular formula is C20H24FN3O3S. The summed E-state index contributed by atoms with van der Waals surface area (Å²) in [4.78, 5) is 13.9. The zero-order valence-corrected chi connectivity index (χ0v) is 16.6. The number of nitrogens with zero attached hydrogens (tertiary/aromatic N) is 2. The summed E-state index contributed by atoms with van der Waals surface area (Å²) in [6.45, 7) is 3.51. The Morgan fingerprint density at radius 3 is 2.46 bits per heavy atom. The number of carbonyl (C=O) groups excluding carboxylic acids is 1. The smallest absolute Gasteiger partial charge is 0.317 e. The molecule has 0 unspecified atom stereocenters. The first-order valence-electron chi connectivity index (χ1n) is 9.20. The van der Waals surface area contributed by atoms with Crippen LogP contribution >= 0.6 is 0 Å². The molecule has 2 aromatic rings. The first kappa shape index (κ1) is 20.3. The van der Waals surface area contributed by atoms with E-state index in [1.54, 1.807) is 4.90 Å². The number of sulfonamides is 1. The van der Waals surface area contributed by atoms with Gasteiger partial charge in [-0.05, 0) is 37.1 Å². The van der Waals surface area contributed by atoms with Gasteiger partial charge in [0.25, 0.3) is 0 Å². The van der Waals surface area contributed by atoms with Crippen LogP contribution in [0.5, 0.6) is 0 Å². The lowest BCUT2D eigenvalue weighted by molar-refractivity contribution is 0.172. The molecule has 1 saturated heterocycles. The number of urea groups is 1. The minimum absolute atomic E-state index is 0.0662. The van der Waals surface area contributed by atoms with Crippen molar-refractivity contribution in [1.29, 1.82) is 0 Å². The molecule has 1 heterocycles. The average Bonchev–Trinajstić information content (AvgIpc) is 2.68. The molecule has 0 aromatic heterocycles. The second kappa shape index (κ2) is 8.70. The fourth-order valence-corrected chi connectivity index (χ4v) is 4.66. The van der Waals surface area contributed by atoms with Crippen LogP contribution in [0.4, 0.5) is 9.18 Å². The molecule has 1 aliphatic heterocycles. The standard InChI is InChI=1S/C20H24FN3O3S/c1-16-4-2-5-17(14-16)8-9-22-20(25)23-10-12-24(13-11-23)28(26,27)19-7-3-6-18(21)15-19/h2-7,14-15H,8-13H2,1H3,(H,22,25). The number of carbonyl (C=O) groups is 1. The van der Waals surface area contributed by atoms with Crippen LogP contribution in [0.2, 0.25) is 0 Å². The maximum atomic E-state index is 13.4. The number of piperazine rings is 1. The molecule has 0 atom stereocenters. The van der Waals surface area contributed by atoms with Gasteiger partial charge in [0, 0.05) is 32.7 Å². The number of benzene rings is 2. The molecular weight excluding hydrogens is 381 g/mol. The van der Waals surface area contributed by atoms with E-state index in [2.05, 4.69) is 11.4 Å². The Bertz CT molecular complexity index is 941. The highest BCUT2D eigenvalue weighted by Crippen LogP contribution is 2.18. The van der Waals surface area contributed by atoms with Crippen LogP contribution in [-0.4, -0.2) is 56.4 Å². The van der Waals surface area contributed by atoms with Crippen LogP contribution < -0.4 is 5.32 Å². The molecule has 1 fully saturated rings. The predicted molar refractivity (Wildman–Crippen MR) is 105 cm³/mol. The molecule has 1 aliphatic rings. The molecule has 6 nitrogen and oxygen atoms in total. The normalized spacial score (nSPS) is 15.4. The summed E-state index contributed by atoms with van der Waals surface area (Å²) < 4.78 is 39.9. The second-order valence-electron chi connectivity index (χ2n) is 6.82. The van der Waals surface area contributed by atoms with E-state index >= 15 is 0 Å². The lowest BCUT2D eigenvalue weighted by Gasteiger charge is -2.34. The van der Waals surface area contributed by atoms with Gasteiger partial charge in [-0.3, -0.25) is 0 Å². The molecule has 3 rings (SSSR count). The van der Waals surface area contributed by atoms with E-state index in [4.69, 9.17) is 0 Å². The lowest BCUT2D eigenvalue weighted by atomic mass is 10.1. The molecule has 28 heavy (non-hydrogen) atoms. The summed E-state index contributed by atoms with van der Waals surface area (Å²) in [5, 5.41) is 2.88. The van der Waals surface area contributed by atoms with Crippen molar-refractivity contribution in [2.45, 2.75) is 18.2 Å². The van der Waals surface area contributed by atoms with Crippen molar-refractivity contribution < 1.29 is 17.6 Å². The van der Waals surface area contributed by atoms with E-state index in [1.165, 1.54) is 28.1 Å². The molecule has 150 valence electrons. The number of halogens is 1. The number of hydrogen-bond donors (Lipinski definition) is 1. The first-order valence-corrected chi connectivity index (χ1v) is 10.6. The van der Waals surface area contributed by atoms with Gasteiger partial charge in [-0.15, -0.1) is 0 Å². The SMILES string of the molecule is Cc1cccc(CCNC(=O)N2CCN(S(=O)(=O)c3cccc(F)c3)CC2)c1. The van der Waals surface area contributed by atoms with Crippen LogP contribution in [-0.2, 0) is 16.4 Å². The molecule has 0 aliphatic carbocycles. The summed E-state index contributed by atoms with van der Waals surface area (Å²) in [5.41, 5.74) is 2.34. The van der Waals surface area contributed by atoms with Crippen molar-refractivity contribution in [1.82, 2.24) is 14.5 Å². The topological polar surface area (TPSA) is 69.7 Å². The molecule has 2 amide bonds. The quantitative estimate of drug-likeness (QED) is 0.831. The maximum absolute atomic E-state index is 13.4. The van der Waals surface area contributed by atoms with Crippen molar-refractivity contribution in [3.63, 3.8) is 0 Å². The van der Waals surface area contributed by atoms with Gasteiger partial charge in [0.2, 0.25) is 10.0 Å². The Hall–Kier alpha value is -2.45. The predicted octanol–water partition coefficient (Wildman–Crippen LogP) is 2.39. The van der Waals surface area contributed by atoms with Gasteiger partial charge < -0.3 is 10.2 Å². The fourth-order valence-electron chi connectivity index (χ4n) is 3.20. The van der Waals surface area contributed by atoms with Crippen LogP contribution in [0.3, 0.4) is 0 Å². The summed E-state index contributed by atoms with van der Waals surface area (Å²) in [5.74, 6) is -0.590. The maximum Gasteiger partial charge on any atom is 0.317 e. The number of amides is 2. The summed E-state index contributed by atoms with van der Waals surface area (Å²) in [6, 6.07) is 12.9. The summed E-state index contributed by atoms with van der Waals surface area (Å²) >= 11 is 0. The Morgan fingerprint density at radius 2 is 1.79 bits per heavy atom. The van der Waals surface area contributed by atoms with Gasteiger partial charge in [0.05, 0.1) is 4.90 Å². The Labute approximate surface area is 165 Å². The second-order valence-corrected chi connectivity index (χ2v) is 8.76. The van der Waals surface area contributed by atoms with E-state index < -0.39 is 15.8 Å². The molecule has 0 bridgehead atoms. The van der Waals surface area contributed by atoms with Gasteiger partial charge in [0.1, 0.15) is 5.82 Å². The van der Waals surface area contributed by atoms with E-state index in [1.807, 2.05) is 25.1 Å². The van der Waals surface area contributed by atoms with Crippen molar-refractivity contribution in [3.05, 3.63) is 65.5 Å². The van der Waals surface area contributed by atoms with E-state index in [0.29, 0.717) is 19.6 Å². The van der Waals surface area contributed by atoms with Crippen molar-refractivity contribution in [2.75, 3.05) is 32.7 Å². The highest BCUT2D eigenvalue weighted by atomic mass is 32.2. The van der Waals surface area contributed by atoms with Crippen molar-refractivity contribution >= 4 is 16.1 Å². The van der Waals surface area contributed by atoms with Crippen LogP contribution in [0, 0.1) is 12.7 Å². The Balaban J connectivity index is 1.50. The van der Waals surface area contributed by atoms with Crippen LogP contribution in [0.15, 0.2) is 53.4 Å². The highest BCUT2D eigenvalue weighted by Gasteiger charge is 2.30. The number of aryl methyl sites for hydroxylation is 1. The van der Waals surface area contributed by atoms with Gasteiger partial charge in [-0.2, -0.15) is 4.31 Å². The Morgan fingerprint density at radius 1 is 1.07 bits per heavy atom. The van der Waals surface area contributed by atoms with Gasteiger partial charge in [-0.1, -0.05) is 35.9 Å². The van der Waals surface area contributed by atoms with Gasteiger partial charge >= 0.3 is 6.03 Å². The third kappa shape index (κ3) is 4.88. The third-order valence-corrected chi connectivity index (χ3v) is 6.63. The Kier molecular flexibility index (Phi) is 6.31. The fraction of sp³-hybridized carbons (Fsp3) is 0.350. The zero-order chi connectivity index (χ0) is 20.1. The molecule has 8 heteroatoms. The van der Waals surface area contributed by atoms with Crippen LogP contribution in [0.1, 0.15) is 11.1 Å². The van der Waals surface area contributed by atoms with Crippen molar-refractivity contribution in [2.24, 2.45) is 0 Å². The molecule has 2 aromatic carbocycles. The van der Waals surface area contributed by atoms with Crippen LogP contribution in [0.25, 0.3) is 0 Å². The first-order chi connectivity index (χ1) is 13.4. The zero-order valence-electron chi connectivity index (χ0n) is 15.8. The van der Waals surface area contributed by atoms with E-state index in [-0.39, 0.29) is 24.0 Å². The average molecular weight is 405 g/mol. The molecule has 0 saturated carbocycles. The number of nitrogens with one attached hydrogen (secondary N) is 1. The molecule has 0 radical (unpaired) electrons. The number of hydrogen-bond acceptors (Lipinski definition) is 3. The van der Waals surface area contributed by atoms with E-state index in [0.717, 1.165) is 18.1 Å². The van der Waals surface area contributed by atoms with E-state index in [9.17, 15) is 17.6 Å². The van der Waals surface area contributed by atoms with Gasteiger partial charge in [-0.25, -0.2) is 17.6 Å². The third-order valence-electron chi connectivity index (χ3n) is 4.73. The minimum atomic E-state index is -3.76.